The minimum absolute atomic E-state index is 0.231. The minimum Gasteiger partial charge on any atom is -0.491 e. The van der Waals surface area contributed by atoms with Gasteiger partial charge in [0.1, 0.15) is 5.75 Å². The number of benzene rings is 1. The fourth-order valence-electron chi connectivity index (χ4n) is 1.91. The van der Waals surface area contributed by atoms with E-state index >= 15 is 0 Å². The molecule has 0 unspecified atom stereocenters. The van der Waals surface area contributed by atoms with E-state index in [9.17, 15) is 0 Å². The van der Waals surface area contributed by atoms with Crippen molar-refractivity contribution in [1.29, 1.82) is 0 Å². The van der Waals surface area contributed by atoms with Crippen LogP contribution < -0.4 is 4.74 Å². The second-order valence-electron chi connectivity index (χ2n) is 4.69. The standard InChI is InChI=1S/C14H20OS2/c1-11(2)15-13-7-5-12(6-8-13)14(3)16-9-4-10-17-14/h5-8,11H,4,9-10H2,1-3H3. The molecular weight excluding hydrogens is 248 g/mol. The molecule has 0 N–H and O–H groups in total. The zero-order valence-corrected chi connectivity index (χ0v) is 12.4. The van der Waals surface area contributed by atoms with Crippen LogP contribution in [0.2, 0.25) is 0 Å². The van der Waals surface area contributed by atoms with Gasteiger partial charge in [-0.2, -0.15) is 0 Å². The van der Waals surface area contributed by atoms with E-state index < -0.39 is 0 Å². The average Bonchev–Trinajstić information content (AvgIpc) is 2.30. The molecule has 0 atom stereocenters. The quantitative estimate of drug-likeness (QED) is 0.798. The van der Waals surface area contributed by atoms with Gasteiger partial charge in [-0.3, -0.25) is 0 Å². The molecule has 1 aromatic carbocycles. The zero-order chi connectivity index (χ0) is 12.3. The molecule has 0 amide bonds. The maximum atomic E-state index is 5.68. The fourth-order valence-corrected chi connectivity index (χ4v) is 4.89. The molecule has 3 heteroatoms. The van der Waals surface area contributed by atoms with Crippen LogP contribution in [0.5, 0.6) is 5.75 Å². The highest BCUT2D eigenvalue weighted by Gasteiger charge is 2.30. The van der Waals surface area contributed by atoms with E-state index in [1.807, 2.05) is 0 Å². The molecule has 0 bridgehead atoms. The zero-order valence-electron chi connectivity index (χ0n) is 10.7. The number of hydrogen-bond acceptors (Lipinski definition) is 3. The Kier molecular flexibility index (Phi) is 4.31. The van der Waals surface area contributed by atoms with Gasteiger partial charge in [0.15, 0.2) is 0 Å². The lowest BCUT2D eigenvalue weighted by molar-refractivity contribution is 0.242. The van der Waals surface area contributed by atoms with Gasteiger partial charge >= 0.3 is 0 Å². The smallest absolute Gasteiger partial charge is 0.119 e. The third-order valence-corrected chi connectivity index (χ3v) is 6.06. The minimum atomic E-state index is 0.231. The maximum absolute atomic E-state index is 5.68. The third-order valence-electron chi connectivity index (χ3n) is 2.79. The lowest BCUT2D eigenvalue weighted by atomic mass is 10.1. The van der Waals surface area contributed by atoms with Gasteiger partial charge in [0.25, 0.3) is 0 Å². The Balaban J connectivity index is 2.11. The summed E-state index contributed by atoms with van der Waals surface area (Å²) in [5, 5.41) is 0. The number of ether oxygens (including phenoxy) is 1. The number of rotatable bonds is 3. The second kappa shape index (κ2) is 5.57. The van der Waals surface area contributed by atoms with Crippen LogP contribution in [-0.2, 0) is 4.08 Å². The highest BCUT2D eigenvalue weighted by atomic mass is 32.2. The highest BCUT2D eigenvalue weighted by molar-refractivity contribution is 8.18. The molecule has 1 fully saturated rings. The summed E-state index contributed by atoms with van der Waals surface area (Å²) in [4.78, 5) is 0. The predicted octanol–water partition coefficient (Wildman–Crippen LogP) is 4.52. The van der Waals surface area contributed by atoms with E-state index in [1.165, 1.54) is 23.5 Å². The Hall–Kier alpha value is -0.280. The fraction of sp³-hybridized carbons (Fsp3) is 0.571. The summed E-state index contributed by atoms with van der Waals surface area (Å²) in [6.07, 6.45) is 1.58. The van der Waals surface area contributed by atoms with Crippen LogP contribution in [-0.4, -0.2) is 17.6 Å². The molecule has 1 nitrogen and oxygen atoms in total. The molecule has 0 radical (unpaired) electrons. The normalized spacial score (nSPS) is 19.3. The monoisotopic (exact) mass is 268 g/mol. The molecule has 1 aromatic rings. The van der Waals surface area contributed by atoms with Crippen molar-refractivity contribution in [3.63, 3.8) is 0 Å². The van der Waals surface area contributed by atoms with Gasteiger partial charge in [-0.1, -0.05) is 12.1 Å². The van der Waals surface area contributed by atoms with Crippen LogP contribution in [0.3, 0.4) is 0 Å². The SMILES string of the molecule is CC(C)Oc1ccc(C2(C)SCCCS2)cc1. The summed E-state index contributed by atoms with van der Waals surface area (Å²) < 4.78 is 5.91. The van der Waals surface area contributed by atoms with E-state index in [1.54, 1.807) is 0 Å². The van der Waals surface area contributed by atoms with Crippen molar-refractivity contribution < 1.29 is 4.74 Å². The first kappa shape index (κ1) is 13.2. The first-order valence-electron chi connectivity index (χ1n) is 6.15. The Bertz CT molecular complexity index is 353. The number of hydrogen-bond donors (Lipinski definition) is 0. The summed E-state index contributed by atoms with van der Waals surface area (Å²) in [6, 6.07) is 8.61. The summed E-state index contributed by atoms with van der Waals surface area (Å²) in [5.74, 6) is 3.51. The molecule has 0 spiro atoms. The van der Waals surface area contributed by atoms with Crippen molar-refractivity contribution in [2.45, 2.75) is 37.4 Å². The van der Waals surface area contributed by atoms with Crippen molar-refractivity contribution in [1.82, 2.24) is 0 Å². The van der Waals surface area contributed by atoms with Gasteiger partial charge in [0, 0.05) is 0 Å². The lowest BCUT2D eigenvalue weighted by Gasteiger charge is -2.32. The van der Waals surface area contributed by atoms with E-state index in [2.05, 4.69) is 68.6 Å². The Labute approximate surface area is 113 Å². The lowest BCUT2D eigenvalue weighted by Crippen LogP contribution is -2.18. The summed E-state index contributed by atoms with van der Waals surface area (Å²) in [6.45, 7) is 6.45. The summed E-state index contributed by atoms with van der Waals surface area (Å²) in [5.41, 5.74) is 1.41. The van der Waals surface area contributed by atoms with Crippen molar-refractivity contribution in [3.05, 3.63) is 29.8 Å². The highest BCUT2D eigenvalue weighted by Crippen LogP contribution is 2.49. The largest absolute Gasteiger partial charge is 0.491 e. The topological polar surface area (TPSA) is 9.23 Å². The summed E-state index contributed by atoms with van der Waals surface area (Å²) in [7, 11) is 0. The first-order chi connectivity index (χ1) is 8.10. The molecule has 1 aliphatic heterocycles. The van der Waals surface area contributed by atoms with Crippen molar-refractivity contribution >= 4 is 23.5 Å². The Morgan fingerprint density at radius 3 is 2.24 bits per heavy atom. The molecule has 0 saturated carbocycles. The second-order valence-corrected chi connectivity index (χ2v) is 7.97. The van der Waals surface area contributed by atoms with Gasteiger partial charge in [0.05, 0.1) is 10.2 Å². The molecule has 1 heterocycles. The van der Waals surface area contributed by atoms with Crippen LogP contribution in [0.1, 0.15) is 32.8 Å². The number of thioether (sulfide) groups is 2. The molecule has 0 aliphatic carbocycles. The van der Waals surface area contributed by atoms with Crippen LogP contribution in [0.25, 0.3) is 0 Å². The molecule has 0 aromatic heterocycles. The van der Waals surface area contributed by atoms with E-state index in [0.29, 0.717) is 0 Å². The van der Waals surface area contributed by atoms with Crippen LogP contribution in [0.4, 0.5) is 0 Å². The van der Waals surface area contributed by atoms with Gasteiger partial charge in [-0.05, 0) is 56.4 Å². The predicted molar refractivity (Wildman–Crippen MR) is 79.1 cm³/mol. The van der Waals surface area contributed by atoms with Gasteiger partial charge in [-0.15, -0.1) is 23.5 Å². The molecule has 94 valence electrons. The van der Waals surface area contributed by atoms with Crippen LogP contribution in [0.15, 0.2) is 24.3 Å². The van der Waals surface area contributed by atoms with E-state index in [-0.39, 0.29) is 10.2 Å². The van der Waals surface area contributed by atoms with E-state index in [0.717, 1.165) is 5.75 Å². The maximum Gasteiger partial charge on any atom is 0.119 e. The molecule has 17 heavy (non-hydrogen) atoms. The molecular formula is C14H20OS2. The average molecular weight is 268 g/mol. The molecule has 2 rings (SSSR count). The first-order valence-corrected chi connectivity index (χ1v) is 8.12. The molecule has 1 saturated heterocycles. The van der Waals surface area contributed by atoms with Gasteiger partial charge in [-0.25, -0.2) is 0 Å². The van der Waals surface area contributed by atoms with Crippen LogP contribution >= 0.6 is 23.5 Å². The van der Waals surface area contributed by atoms with Crippen molar-refractivity contribution in [2.24, 2.45) is 0 Å². The van der Waals surface area contributed by atoms with Crippen molar-refractivity contribution in [2.75, 3.05) is 11.5 Å². The van der Waals surface area contributed by atoms with Gasteiger partial charge in [0.2, 0.25) is 0 Å². The Morgan fingerprint density at radius 1 is 1.12 bits per heavy atom. The Morgan fingerprint density at radius 2 is 1.71 bits per heavy atom. The van der Waals surface area contributed by atoms with E-state index in [4.69, 9.17) is 4.74 Å². The molecule has 1 aliphatic rings. The van der Waals surface area contributed by atoms with Gasteiger partial charge < -0.3 is 4.74 Å². The van der Waals surface area contributed by atoms with Crippen molar-refractivity contribution in [3.8, 4) is 5.75 Å². The summed E-state index contributed by atoms with van der Waals surface area (Å²) >= 11 is 4.12. The van der Waals surface area contributed by atoms with Crippen LogP contribution in [0, 0.1) is 0 Å². The third kappa shape index (κ3) is 3.35.